The summed E-state index contributed by atoms with van der Waals surface area (Å²) in [5.74, 6) is -2.57. The summed E-state index contributed by atoms with van der Waals surface area (Å²) in [5.41, 5.74) is 17.2. The van der Waals surface area contributed by atoms with Crippen LogP contribution < -0.4 is 22.1 Å². The van der Waals surface area contributed by atoms with Gasteiger partial charge in [-0.2, -0.15) is 0 Å². The second-order valence-corrected chi connectivity index (χ2v) is 18.9. The quantitative estimate of drug-likeness (QED) is 0.0392. The molecule has 8 N–H and O–H groups in total. The van der Waals surface area contributed by atoms with E-state index in [1.165, 1.54) is 0 Å². The Morgan fingerprint density at radius 3 is 1.25 bits per heavy atom. The molecule has 0 aromatic carbocycles. The number of unbranched alkanes of at least 4 members (excludes halogenated alkanes) is 2. The molecule has 0 saturated heterocycles. The molecule has 14 heteroatoms. The van der Waals surface area contributed by atoms with Crippen molar-refractivity contribution in [2.45, 2.75) is 145 Å². The maximum absolute atomic E-state index is 13.2. The number of amides is 2. The van der Waals surface area contributed by atoms with Gasteiger partial charge in [0, 0.05) is 25.9 Å². The van der Waals surface area contributed by atoms with Gasteiger partial charge in [0.2, 0.25) is 0 Å². The zero-order valence-corrected chi connectivity index (χ0v) is 41.8. The zero-order valence-electron chi connectivity index (χ0n) is 41.8. The molecule has 0 spiro atoms. The number of ketones is 2. The number of hydrogen-bond donors (Lipinski definition) is 6. The smallest absolute Gasteiger partial charge is 0.407 e. The van der Waals surface area contributed by atoms with Gasteiger partial charge in [0.05, 0.1) is 0 Å². The third-order valence-electron chi connectivity index (χ3n) is 11.8. The second-order valence-electron chi connectivity index (χ2n) is 18.9. The van der Waals surface area contributed by atoms with E-state index >= 15 is 0 Å². The third-order valence-corrected chi connectivity index (χ3v) is 11.8. The molecule has 0 aromatic heterocycles. The zero-order chi connectivity index (χ0) is 51.2. The highest BCUT2D eigenvalue weighted by molar-refractivity contribution is 6.02. The average molecular weight is 941 g/mol. The maximum atomic E-state index is 13.2. The standard InChI is InChI=1S/C54H76N4O10/c1-35(21-17-23-37(3)27-29-41-39(5)47(59)45(33-53(41,7)8)67-51(65)57-31-15-13-25-43(55)49(61)62)19-11-12-20-36(2)22-18-24-38(4)28-30-42-40(6)48(60)46(34-54(42,9)10)68-52(66)58-32-16-14-26-44(56)50(63)64/h11-12,17-24,27-30,43-46H,13-16,25-26,31-34,55-56H2,1-10H3,(H,57,65)(H,58,66)(H,61,62)(H,63,64)/b12-11+,21-17+,22-18+,29-27+,30-28+,35-19+,36-20+,37-23+,38-24+. The Bertz CT molecular complexity index is 2040. The van der Waals surface area contributed by atoms with Crippen LogP contribution >= 0.6 is 0 Å². The van der Waals surface area contributed by atoms with E-state index in [-0.39, 0.29) is 11.6 Å². The minimum atomic E-state index is -1.06. The van der Waals surface area contributed by atoms with Crippen molar-refractivity contribution in [3.63, 3.8) is 0 Å². The van der Waals surface area contributed by atoms with Crippen LogP contribution in [-0.4, -0.2) is 83.3 Å². The predicted molar refractivity (Wildman–Crippen MR) is 268 cm³/mol. The van der Waals surface area contributed by atoms with Crippen molar-refractivity contribution < 1.29 is 48.5 Å². The summed E-state index contributed by atoms with van der Waals surface area (Å²) >= 11 is 0. The topological polar surface area (TPSA) is 237 Å². The average Bonchev–Trinajstić information content (AvgIpc) is 3.25. The predicted octanol–water partition coefficient (Wildman–Crippen LogP) is 9.54. The number of carboxylic acids is 2. The molecule has 372 valence electrons. The van der Waals surface area contributed by atoms with Crippen LogP contribution in [0.4, 0.5) is 9.59 Å². The molecule has 0 heterocycles. The van der Waals surface area contributed by atoms with Gasteiger partial charge in [-0.05, 0) is 113 Å². The molecule has 2 aliphatic carbocycles. The Hall–Kier alpha value is -6.12. The molecule has 4 atom stereocenters. The largest absolute Gasteiger partial charge is 0.480 e. The van der Waals surface area contributed by atoms with Gasteiger partial charge in [0.15, 0.2) is 23.8 Å². The molecule has 0 saturated carbocycles. The fourth-order valence-electron chi connectivity index (χ4n) is 7.71. The molecule has 0 aromatic rings. The summed E-state index contributed by atoms with van der Waals surface area (Å²) in [5, 5.41) is 23.1. The molecular weight excluding hydrogens is 865 g/mol. The fraction of sp³-hybridized carbons (Fsp3) is 0.481. The van der Waals surface area contributed by atoms with E-state index < -0.39 is 59.2 Å². The Morgan fingerprint density at radius 1 is 0.588 bits per heavy atom. The summed E-state index contributed by atoms with van der Waals surface area (Å²) in [6, 6.07) is -1.86. The molecule has 14 nitrogen and oxygen atoms in total. The van der Waals surface area contributed by atoms with Crippen molar-refractivity contribution in [1.29, 1.82) is 0 Å². The highest BCUT2D eigenvalue weighted by Crippen LogP contribution is 2.42. The Labute approximate surface area is 403 Å². The van der Waals surface area contributed by atoms with Crippen LogP contribution in [-0.2, 0) is 28.7 Å². The van der Waals surface area contributed by atoms with Crippen LogP contribution in [0.3, 0.4) is 0 Å². The van der Waals surface area contributed by atoms with E-state index in [1.54, 1.807) is 13.8 Å². The van der Waals surface area contributed by atoms with E-state index in [0.717, 1.165) is 33.4 Å². The van der Waals surface area contributed by atoms with Gasteiger partial charge in [-0.25, -0.2) is 9.59 Å². The van der Waals surface area contributed by atoms with Crippen LogP contribution in [0, 0.1) is 10.8 Å². The summed E-state index contributed by atoms with van der Waals surface area (Å²) in [6.45, 7) is 20.2. The number of carbonyl (C=O) groups is 6. The number of Topliss-reactive ketones (excluding diaryl/α,β-unsaturated/α-hetero) is 2. The van der Waals surface area contributed by atoms with Crippen molar-refractivity contribution in [2.24, 2.45) is 22.3 Å². The van der Waals surface area contributed by atoms with Crippen molar-refractivity contribution >= 4 is 35.7 Å². The molecule has 0 radical (unpaired) electrons. The molecule has 0 bridgehead atoms. The number of carboxylic acid groups (broad SMARTS) is 2. The number of nitrogens with two attached hydrogens (primary N) is 2. The normalized spacial score (nSPS) is 20.6. The minimum absolute atomic E-state index is 0.227. The fourth-order valence-corrected chi connectivity index (χ4v) is 7.71. The monoisotopic (exact) mass is 941 g/mol. The Morgan fingerprint density at radius 2 is 0.912 bits per heavy atom. The first-order valence-corrected chi connectivity index (χ1v) is 23.3. The number of ether oxygens (including phenoxy) is 2. The van der Waals surface area contributed by atoms with Gasteiger partial charge >= 0.3 is 24.1 Å². The number of nitrogens with one attached hydrogen (secondary N) is 2. The van der Waals surface area contributed by atoms with E-state index in [4.69, 9.17) is 31.2 Å². The number of aliphatic carboxylic acids is 2. The first kappa shape index (κ1) is 58.0. The number of rotatable bonds is 24. The number of alkyl carbamates (subject to hydrolysis) is 2. The lowest BCUT2D eigenvalue weighted by atomic mass is 9.71. The Kier molecular flexibility index (Phi) is 24.1. The summed E-state index contributed by atoms with van der Waals surface area (Å²) in [6.07, 6.45) is 28.1. The molecule has 0 aliphatic heterocycles. The minimum Gasteiger partial charge on any atom is -0.480 e. The van der Waals surface area contributed by atoms with Gasteiger partial charge in [0.25, 0.3) is 0 Å². The number of carbonyl (C=O) groups excluding carboxylic acids is 4. The highest BCUT2D eigenvalue weighted by Gasteiger charge is 2.41. The van der Waals surface area contributed by atoms with Gasteiger partial charge in [0.1, 0.15) is 12.1 Å². The van der Waals surface area contributed by atoms with Crippen molar-refractivity contribution in [2.75, 3.05) is 13.1 Å². The van der Waals surface area contributed by atoms with Crippen LogP contribution in [0.1, 0.15) is 121 Å². The first-order valence-electron chi connectivity index (χ1n) is 23.3. The molecule has 2 rings (SSSR count). The lowest BCUT2D eigenvalue weighted by Gasteiger charge is -2.36. The molecular formula is C54H76N4O10. The number of allylic oxidation sites excluding steroid dienone is 20. The highest BCUT2D eigenvalue weighted by atomic mass is 16.6. The third kappa shape index (κ3) is 20.4. The summed E-state index contributed by atoms with van der Waals surface area (Å²) in [4.78, 5) is 73.0. The van der Waals surface area contributed by atoms with E-state index in [9.17, 15) is 28.8 Å². The van der Waals surface area contributed by atoms with Gasteiger partial charge in [-0.1, -0.05) is 135 Å². The van der Waals surface area contributed by atoms with E-state index in [0.29, 0.717) is 75.6 Å². The van der Waals surface area contributed by atoms with Crippen molar-refractivity contribution in [3.8, 4) is 0 Å². The van der Waals surface area contributed by atoms with Gasteiger partial charge in [-0.3, -0.25) is 19.2 Å². The van der Waals surface area contributed by atoms with Gasteiger partial charge in [-0.15, -0.1) is 0 Å². The van der Waals surface area contributed by atoms with Crippen LogP contribution in [0.2, 0.25) is 0 Å². The molecule has 2 amide bonds. The van der Waals surface area contributed by atoms with Crippen LogP contribution in [0.5, 0.6) is 0 Å². The molecule has 4 unspecified atom stereocenters. The van der Waals surface area contributed by atoms with Crippen molar-refractivity contribution in [3.05, 3.63) is 130 Å². The molecule has 68 heavy (non-hydrogen) atoms. The summed E-state index contributed by atoms with van der Waals surface area (Å²) < 4.78 is 11.0. The van der Waals surface area contributed by atoms with E-state index in [1.807, 2.05) is 140 Å². The van der Waals surface area contributed by atoms with Crippen LogP contribution in [0.25, 0.3) is 0 Å². The van der Waals surface area contributed by atoms with Crippen molar-refractivity contribution in [1.82, 2.24) is 10.6 Å². The lowest BCUT2D eigenvalue weighted by Crippen LogP contribution is -2.41. The van der Waals surface area contributed by atoms with Gasteiger partial charge < -0.3 is 41.8 Å². The first-order chi connectivity index (χ1) is 31.9. The lowest BCUT2D eigenvalue weighted by molar-refractivity contribution is -0.139. The van der Waals surface area contributed by atoms with Crippen LogP contribution in [0.15, 0.2) is 130 Å². The van der Waals surface area contributed by atoms with E-state index in [2.05, 4.69) is 10.6 Å². The molecule has 0 fully saturated rings. The summed E-state index contributed by atoms with van der Waals surface area (Å²) in [7, 11) is 0. The SMILES string of the molecule is CC1=C(/C=C/C(C)=C/C=C/C(C)=C/C=C/C=C(C)/C=C/C=C(C)/C=C/C2=C(C)C(=O)C(OC(=O)NCCCCC(N)C(=O)O)CC2(C)C)C(C)(C)CC(OC(=O)NCCCCC(N)C(=O)O)C1=O. The Balaban J connectivity index is 1.90. The number of hydrogen-bond acceptors (Lipinski definition) is 10. The second kappa shape index (κ2) is 28.3. The maximum Gasteiger partial charge on any atom is 0.407 e. The molecule has 2 aliphatic rings.